The van der Waals surface area contributed by atoms with Crippen molar-refractivity contribution in [3.8, 4) is 5.75 Å². The first kappa shape index (κ1) is 22.2. The number of benzene rings is 2. The van der Waals surface area contributed by atoms with Gasteiger partial charge in [-0.1, -0.05) is 41.6 Å². The number of nitrogens with zero attached hydrogens (tertiary/aromatic N) is 4. The van der Waals surface area contributed by atoms with Crippen molar-refractivity contribution in [1.29, 1.82) is 0 Å². The predicted octanol–water partition coefficient (Wildman–Crippen LogP) is 4.20. The van der Waals surface area contributed by atoms with Crippen molar-refractivity contribution in [3.05, 3.63) is 65.9 Å². The van der Waals surface area contributed by atoms with Crippen LogP contribution in [0.3, 0.4) is 0 Å². The Kier molecular flexibility index (Phi) is 7.34. The molecule has 1 aliphatic rings. The van der Waals surface area contributed by atoms with Crippen LogP contribution < -0.4 is 19.9 Å². The highest BCUT2D eigenvalue weighted by Crippen LogP contribution is 2.29. The van der Waals surface area contributed by atoms with Crippen molar-refractivity contribution in [3.63, 3.8) is 0 Å². The van der Waals surface area contributed by atoms with E-state index in [2.05, 4.69) is 31.2 Å². The number of para-hydroxylation sites is 2. The first-order valence-corrected chi connectivity index (χ1v) is 11.6. The maximum atomic E-state index is 12.3. The number of carbonyl (C=O) groups is 1. The summed E-state index contributed by atoms with van der Waals surface area (Å²) in [6, 6.07) is 17.1. The van der Waals surface area contributed by atoms with Crippen LogP contribution in [-0.2, 0) is 4.79 Å². The number of amides is 1. The minimum Gasteiger partial charge on any atom is -0.495 e. The lowest BCUT2D eigenvalue weighted by atomic mass is 10.2. The fraction of sp³-hybridized carbons (Fsp3) is 0.261. The van der Waals surface area contributed by atoms with Gasteiger partial charge in [0.1, 0.15) is 22.9 Å². The molecule has 1 amide bonds. The van der Waals surface area contributed by atoms with Gasteiger partial charge in [-0.05, 0) is 30.3 Å². The maximum absolute atomic E-state index is 12.3. The third kappa shape index (κ3) is 5.63. The minimum atomic E-state index is -0.108. The molecule has 4 rings (SSSR count). The van der Waals surface area contributed by atoms with E-state index in [-0.39, 0.29) is 11.7 Å². The van der Waals surface area contributed by atoms with Gasteiger partial charge in [-0.15, -0.1) is 0 Å². The zero-order valence-electron chi connectivity index (χ0n) is 17.7. The number of ether oxygens (including phenoxy) is 1. The minimum absolute atomic E-state index is 0.108. The molecule has 0 atom stereocenters. The molecular formula is C23H24ClN5O2S. The SMILES string of the molecule is COc1ccccc1N1CCN(c2cc(SCC(=O)Nc3cccc(Cl)c3)ncn2)CC1. The molecule has 1 N–H and O–H groups in total. The van der Waals surface area contributed by atoms with Gasteiger partial charge in [-0.3, -0.25) is 4.79 Å². The van der Waals surface area contributed by atoms with Crippen LogP contribution >= 0.6 is 23.4 Å². The summed E-state index contributed by atoms with van der Waals surface area (Å²) in [6.45, 7) is 3.42. The van der Waals surface area contributed by atoms with E-state index in [0.29, 0.717) is 10.7 Å². The number of halogens is 1. The van der Waals surface area contributed by atoms with Gasteiger partial charge in [0, 0.05) is 43.0 Å². The summed E-state index contributed by atoms with van der Waals surface area (Å²) in [5.41, 5.74) is 1.79. The third-order valence-electron chi connectivity index (χ3n) is 5.12. The lowest BCUT2D eigenvalue weighted by Crippen LogP contribution is -2.47. The van der Waals surface area contributed by atoms with E-state index < -0.39 is 0 Å². The Morgan fingerprint density at radius 3 is 2.62 bits per heavy atom. The zero-order valence-corrected chi connectivity index (χ0v) is 19.3. The van der Waals surface area contributed by atoms with Crippen molar-refractivity contribution < 1.29 is 9.53 Å². The summed E-state index contributed by atoms with van der Waals surface area (Å²) < 4.78 is 5.50. The summed E-state index contributed by atoms with van der Waals surface area (Å²) in [7, 11) is 1.70. The third-order valence-corrected chi connectivity index (χ3v) is 6.28. The average molecular weight is 470 g/mol. The molecule has 1 aliphatic heterocycles. The molecule has 0 unspecified atom stereocenters. The van der Waals surface area contributed by atoms with Gasteiger partial charge < -0.3 is 19.9 Å². The van der Waals surface area contributed by atoms with E-state index >= 15 is 0 Å². The maximum Gasteiger partial charge on any atom is 0.234 e. The lowest BCUT2D eigenvalue weighted by molar-refractivity contribution is -0.113. The number of anilines is 3. The number of carbonyl (C=O) groups excluding carboxylic acids is 1. The largest absolute Gasteiger partial charge is 0.495 e. The lowest BCUT2D eigenvalue weighted by Gasteiger charge is -2.37. The van der Waals surface area contributed by atoms with Crippen LogP contribution in [0.5, 0.6) is 5.75 Å². The van der Waals surface area contributed by atoms with E-state index in [1.807, 2.05) is 30.3 Å². The standard InChI is InChI=1S/C23H24ClN5O2S/c1-31-20-8-3-2-7-19(20)28-9-11-29(12-10-28)21-14-23(26-16-25-21)32-15-22(30)27-18-6-4-5-17(24)13-18/h2-8,13-14,16H,9-12,15H2,1H3,(H,27,30). The molecule has 0 spiro atoms. The molecule has 1 saturated heterocycles. The van der Waals surface area contributed by atoms with Gasteiger partial charge in [0.25, 0.3) is 0 Å². The number of nitrogens with one attached hydrogen (secondary N) is 1. The summed E-state index contributed by atoms with van der Waals surface area (Å²) in [5.74, 6) is 1.91. The number of aromatic nitrogens is 2. The highest BCUT2D eigenvalue weighted by molar-refractivity contribution is 7.99. The van der Waals surface area contributed by atoms with Crippen LogP contribution in [0.4, 0.5) is 17.2 Å². The molecule has 1 aromatic heterocycles. The van der Waals surface area contributed by atoms with E-state index in [0.717, 1.165) is 48.5 Å². The van der Waals surface area contributed by atoms with Crippen molar-refractivity contribution in [2.75, 3.05) is 54.2 Å². The number of thioether (sulfide) groups is 1. The zero-order chi connectivity index (χ0) is 22.3. The molecule has 2 heterocycles. The van der Waals surface area contributed by atoms with Crippen molar-refractivity contribution in [2.45, 2.75) is 5.03 Å². The Balaban J connectivity index is 1.32. The average Bonchev–Trinajstić information content (AvgIpc) is 2.83. The van der Waals surface area contributed by atoms with Gasteiger partial charge in [-0.2, -0.15) is 0 Å². The normalized spacial score (nSPS) is 13.7. The Morgan fingerprint density at radius 2 is 1.84 bits per heavy atom. The topological polar surface area (TPSA) is 70.6 Å². The number of hydrogen-bond donors (Lipinski definition) is 1. The van der Waals surface area contributed by atoms with Crippen LogP contribution in [0.1, 0.15) is 0 Å². The van der Waals surface area contributed by atoms with Crippen LogP contribution in [0.2, 0.25) is 5.02 Å². The van der Waals surface area contributed by atoms with Gasteiger partial charge >= 0.3 is 0 Å². The van der Waals surface area contributed by atoms with Crippen molar-refractivity contribution in [1.82, 2.24) is 9.97 Å². The Bertz CT molecular complexity index is 1080. The molecule has 166 valence electrons. The van der Waals surface area contributed by atoms with Gasteiger partial charge in [0.05, 0.1) is 18.6 Å². The molecular weight excluding hydrogens is 446 g/mol. The van der Waals surface area contributed by atoms with E-state index in [1.54, 1.807) is 31.6 Å². The highest BCUT2D eigenvalue weighted by atomic mass is 35.5. The second-order valence-electron chi connectivity index (χ2n) is 7.21. The summed E-state index contributed by atoms with van der Waals surface area (Å²) in [6.07, 6.45) is 1.55. The number of hydrogen-bond acceptors (Lipinski definition) is 7. The molecule has 0 aliphatic carbocycles. The molecule has 3 aromatic rings. The van der Waals surface area contributed by atoms with E-state index in [9.17, 15) is 4.79 Å². The van der Waals surface area contributed by atoms with E-state index in [1.165, 1.54) is 11.8 Å². The van der Waals surface area contributed by atoms with Crippen molar-refractivity contribution in [2.24, 2.45) is 0 Å². The molecule has 7 nitrogen and oxygen atoms in total. The number of rotatable bonds is 7. The van der Waals surface area contributed by atoms with E-state index in [4.69, 9.17) is 16.3 Å². The molecule has 0 saturated carbocycles. The van der Waals surface area contributed by atoms with Gasteiger partial charge in [0.15, 0.2) is 0 Å². The van der Waals surface area contributed by atoms with Crippen molar-refractivity contribution >= 4 is 46.5 Å². The molecule has 0 radical (unpaired) electrons. The van der Waals surface area contributed by atoms with Gasteiger partial charge in [-0.25, -0.2) is 9.97 Å². The first-order valence-electron chi connectivity index (χ1n) is 10.3. The van der Waals surface area contributed by atoms with Gasteiger partial charge in [0.2, 0.25) is 5.91 Å². The molecule has 2 aromatic carbocycles. The quantitative estimate of drug-likeness (QED) is 0.410. The number of methoxy groups -OCH3 is 1. The smallest absolute Gasteiger partial charge is 0.234 e. The molecule has 32 heavy (non-hydrogen) atoms. The summed E-state index contributed by atoms with van der Waals surface area (Å²) >= 11 is 7.35. The monoisotopic (exact) mass is 469 g/mol. The van der Waals surface area contributed by atoms with Crippen LogP contribution in [0.15, 0.2) is 66.0 Å². The molecule has 0 bridgehead atoms. The fourth-order valence-corrected chi connectivity index (χ4v) is 4.40. The Labute approximate surface area is 196 Å². The fourth-order valence-electron chi connectivity index (χ4n) is 3.55. The number of piperazine rings is 1. The molecule has 1 fully saturated rings. The van der Waals surface area contributed by atoms with Crippen LogP contribution in [0.25, 0.3) is 0 Å². The van der Waals surface area contributed by atoms with Crippen LogP contribution in [-0.4, -0.2) is 54.9 Å². The van der Waals surface area contributed by atoms with Crippen LogP contribution in [0, 0.1) is 0 Å². The summed E-state index contributed by atoms with van der Waals surface area (Å²) in [5, 5.41) is 4.20. The Hall–Kier alpha value is -2.97. The highest BCUT2D eigenvalue weighted by Gasteiger charge is 2.21. The Morgan fingerprint density at radius 1 is 1.06 bits per heavy atom. The summed E-state index contributed by atoms with van der Waals surface area (Å²) in [4.78, 5) is 25.6. The second kappa shape index (κ2) is 10.6. The second-order valence-corrected chi connectivity index (χ2v) is 8.64. The first-order chi connectivity index (χ1) is 15.6. The molecule has 9 heteroatoms. The predicted molar refractivity (Wildman–Crippen MR) is 130 cm³/mol.